The number of aryl methyl sites for hydroxylation is 1. The molecule has 0 spiro atoms. The number of rotatable bonds is 6. The first-order valence-electron chi connectivity index (χ1n) is 11.0. The molecule has 4 heterocycles. The molecule has 3 aromatic rings. The van der Waals surface area contributed by atoms with Gasteiger partial charge in [0.05, 0.1) is 25.1 Å². The van der Waals surface area contributed by atoms with Crippen molar-refractivity contribution >= 4 is 22.6 Å². The molecule has 162 valence electrons. The van der Waals surface area contributed by atoms with Gasteiger partial charge in [0.15, 0.2) is 5.82 Å². The number of aromatic amines is 1. The molecule has 1 amide bonds. The number of ether oxygens (including phenoxy) is 1. The Hall–Kier alpha value is -2.77. The second-order valence-corrected chi connectivity index (χ2v) is 8.80. The van der Waals surface area contributed by atoms with Crippen molar-refractivity contribution in [2.24, 2.45) is 0 Å². The SMILES string of the molecule is COCCN1C(=O)Cc2c(C)nc(C3(C)CCCN3Cc3cccc4[nH]ccc34)nc21. The van der Waals surface area contributed by atoms with Crippen molar-refractivity contribution in [3.05, 3.63) is 53.1 Å². The molecule has 7 heteroatoms. The highest BCUT2D eigenvalue weighted by Crippen LogP contribution is 2.40. The van der Waals surface area contributed by atoms with Gasteiger partial charge in [-0.1, -0.05) is 12.1 Å². The van der Waals surface area contributed by atoms with Gasteiger partial charge in [-0.15, -0.1) is 0 Å². The number of benzene rings is 1. The molecule has 0 radical (unpaired) electrons. The minimum atomic E-state index is -0.267. The highest BCUT2D eigenvalue weighted by molar-refractivity contribution is 6.00. The maximum absolute atomic E-state index is 12.6. The van der Waals surface area contributed by atoms with Crippen LogP contribution in [-0.4, -0.2) is 52.6 Å². The topological polar surface area (TPSA) is 74.3 Å². The van der Waals surface area contributed by atoms with Gasteiger partial charge in [-0.25, -0.2) is 9.97 Å². The molecule has 7 nitrogen and oxygen atoms in total. The van der Waals surface area contributed by atoms with Crippen molar-refractivity contribution in [3.63, 3.8) is 0 Å². The summed E-state index contributed by atoms with van der Waals surface area (Å²) in [5.41, 5.74) is 4.07. The smallest absolute Gasteiger partial charge is 0.232 e. The Kier molecular flexibility index (Phi) is 5.02. The average molecular weight is 420 g/mol. The van der Waals surface area contributed by atoms with Crippen LogP contribution >= 0.6 is 0 Å². The summed E-state index contributed by atoms with van der Waals surface area (Å²) in [7, 11) is 1.65. The van der Waals surface area contributed by atoms with E-state index < -0.39 is 0 Å². The zero-order valence-electron chi connectivity index (χ0n) is 18.4. The molecule has 1 unspecified atom stereocenters. The summed E-state index contributed by atoms with van der Waals surface area (Å²) in [6.07, 6.45) is 4.47. The Bertz CT molecular complexity index is 1140. The van der Waals surface area contributed by atoms with Crippen molar-refractivity contribution in [2.45, 2.75) is 45.2 Å². The normalized spacial score (nSPS) is 21.4. The number of H-pyrrole nitrogens is 1. The first-order valence-corrected chi connectivity index (χ1v) is 11.0. The van der Waals surface area contributed by atoms with E-state index in [-0.39, 0.29) is 11.4 Å². The highest BCUT2D eigenvalue weighted by atomic mass is 16.5. The minimum Gasteiger partial charge on any atom is -0.383 e. The van der Waals surface area contributed by atoms with E-state index in [2.05, 4.69) is 41.1 Å². The van der Waals surface area contributed by atoms with E-state index in [1.54, 1.807) is 12.0 Å². The van der Waals surface area contributed by atoms with Crippen LogP contribution in [0.2, 0.25) is 0 Å². The molecule has 1 atom stereocenters. The van der Waals surface area contributed by atoms with Gasteiger partial charge in [0.25, 0.3) is 0 Å². The van der Waals surface area contributed by atoms with Crippen molar-refractivity contribution in [1.82, 2.24) is 19.9 Å². The van der Waals surface area contributed by atoms with Crippen LogP contribution in [0.25, 0.3) is 10.9 Å². The Labute approximate surface area is 182 Å². The number of amides is 1. The number of nitrogens with zero attached hydrogens (tertiary/aromatic N) is 4. The minimum absolute atomic E-state index is 0.0779. The van der Waals surface area contributed by atoms with Crippen molar-refractivity contribution in [2.75, 3.05) is 31.7 Å². The molecule has 0 aliphatic carbocycles. The number of aromatic nitrogens is 3. The van der Waals surface area contributed by atoms with Crippen LogP contribution in [0.15, 0.2) is 30.5 Å². The lowest BCUT2D eigenvalue weighted by atomic mass is 9.96. The van der Waals surface area contributed by atoms with E-state index in [4.69, 9.17) is 14.7 Å². The Balaban J connectivity index is 1.50. The van der Waals surface area contributed by atoms with E-state index in [1.165, 1.54) is 10.9 Å². The molecule has 5 rings (SSSR count). The quantitative estimate of drug-likeness (QED) is 0.664. The van der Waals surface area contributed by atoms with Gasteiger partial charge in [0.2, 0.25) is 5.91 Å². The molecule has 0 bridgehead atoms. The highest BCUT2D eigenvalue weighted by Gasteiger charge is 2.42. The summed E-state index contributed by atoms with van der Waals surface area (Å²) in [6, 6.07) is 8.57. The summed E-state index contributed by atoms with van der Waals surface area (Å²) in [6.45, 7) is 7.11. The van der Waals surface area contributed by atoms with Crippen molar-refractivity contribution < 1.29 is 9.53 Å². The van der Waals surface area contributed by atoms with Crippen LogP contribution in [0.5, 0.6) is 0 Å². The third kappa shape index (κ3) is 3.32. The van der Waals surface area contributed by atoms with Gasteiger partial charge in [0.1, 0.15) is 5.82 Å². The van der Waals surface area contributed by atoms with Crippen LogP contribution in [0.1, 0.15) is 42.4 Å². The fourth-order valence-corrected chi connectivity index (χ4v) is 5.05. The number of carbonyl (C=O) groups excluding carboxylic acids is 1. The molecular formula is C24H29N5O2. The molecule has 1 fully saturated rings. The summed E-state index contributed by atoms with van der Waals surface area (Å²) in [5, 5.41) is 1.26. The molecule has 1 N–H and O–H groups in total. The van der Waals surface area contributed by atoms with Crippen LogP contribution < -0.4 is 4.90 Å². The predicted octanol–water partition coefficient (Wildman–Crippen LogP) is 3.31. The third-order valence-electron chi connectivity index (χ3n) is 6.91. The van der Waals surface area contributed by atoms with Gasteiger partial charge in [-0.2, -0.15) is 0 Å². The van der Waals surface area contributed by atoms with E-state index in [0.717, 1.165) is 54.3 Å². The first-order chi connectivity index (χ1) is 15.0. The molecule has 0 saturated carbocycles. The molecule has 2 aliphatic rings. The summed E-state index contributed by atoms with van der Waals surface area (Å²) >= 11 is 0. The maximum Gasteiger partial charge on any atom is 0.232 e. The lowest BCUT2D eigenvalue weighted by Gasteiger charge is -2.35. The summed E-state index contributed by atoms with van der Waals surface area (Å²) in [5.74, 6) is 1.67. The van der Waals surface area contributed by atoms with Crippen LogP contribution in [0, 0.1) is 6.92 Å². The maximum atomic E-state index is 12.6. The number of nitrogens with one attached hydrogen (secondary N) is 1. The standard InChI is InChI=1S/C24H29N5O2/c1-16-19-14-21(30)29(12-13-31-3)22(19)27-23(26-16)24(2)9-5-11-28(24)15-17-6-4-7-20-18(17)8-10-25-20/h4,6-8,10,25H,5,9,11-15H2,1-3H3. The monoisotopic (exact) mass is 419 g/mol. The second-order valence-electron chi connectivity index (χ2n) is 8.80. The van der Waals surface area contributed by atoms with Gasteiger partial charge in [-0.05, 0) is 50.9 Å². The zero-order valence-corrected chi connectivity index (χ0v) is 18.4. The number of likely N-dealkylation sites (tertiary alicyclic amines) is 1. The summed E-state index contributed by atoms with van der Waals surface area (Å²) in [4.78, 5) is 30.1. The first kappa shape index (κ1) is 20.2. The van der Waals surface area contributed by atoms with Crippen molar-refractivity contribution in [1.29, 1.82) is 0 Å². The molecule has 2 aromatic heterocycles. The van der Waals surface area contributed by atoms with E-state index in [9.17, 15) is 4.79 Å². The number of carbonyl (C=O) groups is 1. The number of methoxy groups -OCH3 is 1. The predicted molar refractivity (Wildman–Crippen MR) is 120 cm³/mol. The van der Waals surface area contributed by atoms with Crippen LogP contribution in [0.3, 0.4) is 0 Å². The molecule has 2 aliphatic heterocycles. The number of fused-ring (bicyclic) bond motifs is 2. The second kappa shape index (κ2) is 7.73. The summed E-state index contributed by atoms with van der Waals surface area (Å²) < 4.78 is 5.21. The Morgan fingerprint density at radius 1 is 1.26 bits per heavy atom. The fraction of sp³-hybridized carbons (Fsp3) is 0.458. The fourth-order valence-electron chi connectivity index (χ4n) is 5.05. The molecular weight excluding hydrogens is 390 g/mol. The zero-order chi connectivity index (χ0) is 21.6. The number of hydrogen-bond donors (Lipinski definition) is 1. The number of hydrogen-bond acceptors (Lipinski definition) is 5. The molecule has 31 heavy (non-hydrogen) atoms. The van der Waals surface area contributed by atoms with Gasteiger partial charge in [-0.3, -0.25) is 14.6 Å². The van der Waals surface area contributed by atoms with E-state index in [0.29, 0.717) is 19.6 Å². The lowest BCUT2D eigenvalue weighted by molar-refractivity contribution is -0.117. The Morgan fingerprint density at radius 3 is 2.97 bits per heavy atom. The van der Waals surface area contributed by atoms with Crippen LogP contribution in [0.4, 0.5) is 5.82 Å². The van der Waals surface area contributed by atoms with E-state index in [1.807, 2.05) is 13.1 Å². The molecule has 1 saturated heterocycles. The van der Waals surface area contributed by atoms with E-state index >= 15 is 0 Å². The van der Waals surface area contributed by atoms with Crippen LogP contribution in [-0.2, 0) is 28.0 Å². The third-order valence-corrected chi connectivity index (χ3v) is 6.91. The van der Waals surface area contributed by atoms with Crippen molar-refractivity contribution in [3.8, 4) is 0 Å². The number of anilines is 1. The lowest BCUT2D eigenvalue weighted by Crippen LogP contribution is -2.40. The largest absolute Gasteiger partial charge is 0.383 e. The van der Waals surface area contributed by atoms with Gasteiger partial charge < -0.3 is 9.72 Å². The molecule has 1 aromatic carbocycles. The van der Waals surface area contributed by atoms with Gasteiger partial charge in [0, 0.05) is 42.0 Å². The Morgan fingerprint density at radius 2 is 2.13 bits per heavy atom. The average Bonchev–Trinajstić information content (AvgIpc) is 3.45. The van der Waals surface area contributed by atoms with Gasteiger partial charge >= 0.3 is 0 Å².